The lowest BCUT2D eigenvalue weighted by atomic mass is 10.3. The van der Waals surface area contributed by atoms with E-state index in [1.54, 1.807) is 24.3 Å². The summed E-state index contributed by atoms with van der Waals surface area (Å²) in [5, 5.41) is 20.0. The van der Waals surface area contributed by atoms with Gasteiger partial charge in [-0.3, -0.25) is 4.31 Å². The highest BCUT2D eigenvalue weighted by Crippen LogP contribution is 2.67. The van der Waals surface area contributed by atoms with Crippen LogP contribution < -0.4 is 10.6 Å². The molecule has 2 aromatic rings. The molecule has 0 heterocycles. The minimum Gasteiger partial charge on any atom is -0.508 e. The normalized spacial score (nSPS) is 16.9. The molecule has 2 rings (SSSR count). The van der Waals surface area contributed by atoms with Gasteiger partial charge in [-0.2, -0.15) is 0 Å². The van der Waals surface area contributed by atoms with E-state index in [1.165, 1.54) is 24.3 Å². The van der Waals surface area contributed by atoms with Gasteiger partial charge in [-0.25, -0.2) is 0 Å². The monoisotopic (exact) mass is 394 g/mol. The fraction of sp³-hybridized carbons (Fsp3) is 0. The van der Waals surface area contributed by atoms with E-state index in [0.717, 1.165) is 0 Å². The second-order valence-electron chi connectivity index (χ2n) is 4.16. The van der Waals surface area contributed by atoms with Crippen LogP contribution in [0.25, 0.3) is 0 Å². The molecule has 21 heavy (non-hydrogen) atoms. The molecular weight excluding hydrogens is 382 g/mol. The highest BCUT2D eigenvalue weighted by Gasteiger charge is 2.26. The van der Waals surface area contributed by atoms with Gasteiger partial charge in [0.05, 0.1) is 0 Å². The number of hydrogen-bond acceptors (Lipinski definition) is 5. The first-order valence-electron chi connectivity index (χ1n) is 5.67. The lowest BCUT2D eigenvalue weighted by molar-refractivity contribution is 0.475. The number of phenols is 2. The molecular formula is C12H12O3P2S4. The second-order valence-corrected chi connectivity index (χ2v) is 16.0. The summed E-state index contributed by atoms with van der Waals surface area (Å²) in [5.74, 6) is 0.289. The Morgan fingerprint density at radius 1 is 0.714 bits per heavy atom. The van der Waals surface area contributed by atoms with Crippen LogP contribution in [0.4, 0.5) is 0 Å². The van der Waals surface area contributed by atoms with Gasteiger partial charge in [0.25, 0.3) is 0 Å². The molecule has 2 unspecified atom stereocenters. The van der Waals surface area contributed by atoms with Gasteiger partial charge >= 0.3 is 0 Å². The SMILES string of the molecule is Oc1ccc(P(=S)(S)OP(=S)(S)c2ccc(O)cc2)cc1. The Morgan fingerprint density at radius 2 is 1.00 bits per heavy atom. The first-order valence-corrected chi connectivity index (χ1v) is 13.4. The summed E-state index contributed by atoms with van der Waals surface area (Å²) < 4.78 is 5.89. The third-order valence-electron chi connectivity index (χ3n) is 2.57. The molecule has 0 aliphatic rings. The van der Waals surface area contributed by atoms with Gasteiger partial charge in [-0.1, -0.05) is 23.6 Å². The van der Waals surface area contributed by atoms with E-state index in [0.29, 0.717) is 10.6 Å². The van der Waals surface area contributed by atoms with Crippen molar-refractivity contribution < 1.29 is 14.5 Å². The topological polar surface area (TPSA) is 49.7 Å². The molecule has 0 aliphatic carbocycles. The lowest BCUT2D eigenvalue weighted by Crippen LogP contribution is -2.06. The maximum Gasteiger partial charge on any atom is 0.151 e. The van der Waals surface area contributed by atoms with Gasteiger partial charge in [0, 0.05) is 10.6 Å². The van der Waals surface area contributed by atoms with Crippen molar-refractivity contribution >= 4 is 69.7 Å². The molecule has 2 aromatic carbocycles. The van der Waals surface area contributed by atoms with Crippen LogP contribution in [0.1, 0.15) is 0 Å². The molecule has 9 heteroatoms. The summed E-state index contributed by atoms with van der Waals surface area (Å²) in [6.07, 6.45) is 0. The van der Waals surface area contributed by atoms with Gasteiger partial charge < -0.3 is 10.2 Å². The average Bonchev–Trinajstić information content (AvgIpc) is 2.38. The summed E-state index contributed by atoms with van der Waals surface area (Å²) in [6.45, 7) is 0. The van der Waals surface area contributed by atoms with Crippen LogP contribution in [0, 0.1) is 0 Å². The van der Waals surface area contributed by atoms with Crippen molar-refractivity contribution in [1.29, 1.82) is 0 Å². The molecule has 112 valence electrons. The predicted molar refractivity (Wildman–Crippen MR) is 103 cm³/mol. The molecule has 0 saturated carbocycles. The Balaban J connectivity index is 2.30. The van der Waals surface area contributed by atoms with Crippen LogP contribution in [0.5, 0.6) is 11.5 Å². The van der Waals surface area contributed by atoms with Crippen molar-refractivity contribution in [1.82, 2.24) is 0 Å². The number of thiol groups is 2. The van der Waals surface area contributed by atoms with Crippen LogP contribution >= 0.6 is 35.4 Å². The van der Waals surface area contributed by atoms with Crippen molar-refractivity contribution in [3.63, 3.8) is 0 Å². The lowest BCUT2D eigenvalue weighted by Gasteiger charge is -2.24. The Labute approximate surface area is 143 Å². The number of rotatable bonds is 4. The highest BCUT2D eigenvalue weighted by molar-refractivity contribution is 8.70. The summed E-state index contributed by atoms with van der Waals surface area (Å²) in [6, 6.07) is 12.8. The zero-order valence-corrected chi connectivity index (χ0v) is 15.7. The number of benzene rings is 2. The zero-order valence-electron chi connectivity index (χ0n) is 10.5. The van der Waals surface area contributed by atoms with Gasteiger partial charge in [0.2, 0.25) is 0 Å². The molecule has 0 radical (unpaired) electrons. The Morgan fingerprint density at radius 3 is 1.29 bits per heavy atom. The van der Waals surface area contributed by atoms with E-state index in [2.05, 4.69) is 24.5 Å². The van der Waals surface area contributed by atoms with Crippen LogP contribution in [0.15, 0.2) is 48.5 Å². The van der Waals surface area contributed by atoms with Gasteiger partial charge in [0.1, 0.15) is 11.5 Å². The van der Waals surface area contributed by atoms with Crippen molar-refractivity contribution in [2.45, 2.75) is 0 Å². The molecule has 2 N–H and O–H groups in total. The van der Waals surface area contributed by atoms with Crippen LogP contribution in [-0.4, -0.2) is 10.2 Å². The van der Waals surface area contributed by atoms with E-state index >= 15 is 0 Å². The van der Waals surface area contributed by atoms with Gasteiger partial charge in [0.15, 0.2) is 10.9 Å². The van der Waals surface area contributed by atoms with Crippen molar-refractivity contribution in [2.75, 3.05) is 0 Å². The molecule has 2 atom stereocenters. The molecule has 3 nitrogen and oxygen atoms in total. The number of phenolic OH excluding ortho intramolecular Hbond substituents is 2. The van der Waals surface area contributed by atoms with E-state index in [4.69, 9.17) is 27.9 Å². The summed E-state index contributed by atoms with van der Waals surface area (Å²) in [7, 11) is 0. The molecule has 0 aliphatic heterocycles. The summed E-state index contributed by atoms with van der Waals surface area (Å²) in [5.41, 5.74) is -5.28. The van der Waals surface area contributed by atoms with Crippen molar-refractivity contribution in [3.05, 3.63) is 48.5 Å². The smallest absolute Gasteiger partial charge is 0.151 e. The van der Waals surface area contributed by atoms with E-state index in [1.807, 2.05) is 0 Å². The van der Waals surface area contributed by atoms with Crippen molar-refractivity contribution in [3.8, 4) is 11.5 Å². The minimum atomic E-state index is -2.64. The molecule has 0 spiro atoms. The molecule has 0 bridgehead atoms. The maximum atomic E-state index is 9.32. The summed E-state index contributed by atoms with van der Waals surface area (Å²) in [4.78, 5) is 0. The first kappa shape index (κ1) is 17.4. The first-order chi connectivity index (χ1) is 9.71. The Hall–Kier alpha value is -0.000000000000000222. The number of aromatic hydroxyl groups is 2. The summed E-state index contributed by atoms with van der Waals surface area (Å²) >= 11 is 19.8. The second kappa shape index (κ2) is 6.63. The molecule has 0 amide bonds. The van der Waals surface area contributed by atoms with Crippen LogP contribution in [0.3, 0.4) is 0 Å². The average molecular weight is 394 g/mol. The Bertz CT molecular complexity index is 668. The molecule has 0 aromatic heterocycles. The van der Waals surface area contributed by atoms with E-state index in [-0.39, 0.29) is 11.5 Å². The van der Waals surface area contributed by atoms with E-state index < -0.39 is 10.9 Å². The van der Waals surface area contributed by atoms with Gasteiger partial charge in [-0.15, -0.1) is 24.5 Å². The maximum absolute atomic E-state index is 9.32. The largest absolute Gasteiger partial charge is 0.508 e. The predicted octanol–water partition coefficient (Wildman–Crippen LogP) is 3.54. The Kier molecular flexibility index (Phi) is 5.48. The van der Waals surface area contributed by atoms with Crippen LogP contribution in [0.2, 0.25) is 0 Å². The number of hydrogen-bond donors (Lipinski definition) is 4. The fourth-order valence-corrected chi connectivity index (χ4v) is 11.6. The van der Waals surface area contributed by atoms with Gasteiger partial charge in [-0.05, 0) is 48.5 Å². The molecule has 0 saturated heterocycles. The fourth-order valence-electron chi connectivity index (χ4n) is 1.53. The third-order valence-corrected chi connectivity index (χ3v) is 11.4. The standard InChI is InChI=1S/C12H12O3P2S4/c13-9-1-5-11(6-2-9)16(18,19)15-17(20,21)12-7-3-10(14)4-8-12/h1-8,13-14H,(H,18,19)(H,20,21). The zero-order chi connectivity index (χ0) is 15.7. The molecule has 0 fully saturated rings. The minimum absolute atomic E-state index is 0.144. The highest BCUT2D eigenvalue weighted by atomic mass is 32.9. The third kappa shape index (κ3) is 4.49. The van der Waals surface area contributed by atoms with E-state index in [9.17, 15) is 10.2 Å². The van der Waals surface area contributed by atoms with Crippen molar-refractivity contribution in [2.24, 2.45) is 0 Å². The van der Waals surface area contributed by atoms with Crippen LogP contribution in [-0.2, 0) is 27.9 Å². The quantitative estimate of drug-likeness (QED) is 0.472.